The molecular weight excluding hydrogens is 216 g/mol. The van der Waals surface area contributed by atoms with Crippen LogP contribution < -0.4 is 10.6 Å². The van der Waals surface area contributed by atoms with Crippen LogP contribution in [0.25, 0.3) is 0 Å². The Morgan fingerprint density at radius 1 is 1.53 bits per heavy atom. The van der Waals surface area contributed by atoms with E-state index in [1.165, 1.54) is 0 Å². The molecule has 1 fully saturated rings. The van der Waals surface area contributed by atoms with E-state index in [0.29, 0.717) is 13.0 Å². The first-order chi connectivity index (χ1) is 7.96. The zero-order valence-electron chi connectivity index (χ0n) is 11.3. The zero-order chi connectivity index (χ0) is 12.9. The molecule has 0 aromatic carbocycles. The summed E-state index contributed by atoms with van der Waals surface area (Å²) >= 11 is 0. The van der Waals surface area contributed by atoms with Crippen LogP contribution in [0.5, 0.6) is 0 Å². The lowest BCUT2D eigenvalue weighted by atomic mass is 9.88. The molecule has 1 heterocycles. The lowest BCUT2D eigenvalue weighted by molar-refractivity contribution is -0.127. The maximum atomic E-state index is 12.2. The Morgan fingerprint density at radius 3 is 2.71 bits per heavy atom. The monoisotopic (exact) mass is 242 g/mol. The molecule has 0 spiro atoms. The van der Waals surface area contributed by atoms with Crippen molar-refractivity contribution in [3.05, 3.63) is 0 Å². The molecule has 17 heavy (non-hydrogen) atoms. The summed E-state index contributed by atoms with van der Waals surface area (Å²) in [6, 6.07) is 0. The van der Waals surface area contributed by atoms with Crippen LogP contribution in [0.3, 0.4) is 0 Å². The van der Waals surface area contributed by atoms with Gasteiger partial charge in [-0.3, -0.25) is 4.79 Å². The standard InChI is InChI=1S/C13H26N2O2/c1-4-13(6-5-8-15-13)11(17)14-10-12(2,3)7-9-16/h15-16H,4-10H2,1-3H3,(H,14,17). The number of carbonyl (C=O) groups is 1. The number of nitrogens with one attached hydrogen (secondary N) is 2. The molecule has 1 aliphatic heterocycles. The van der Waals surface area contributed by atoms with Gasteiger partial charge in [0.05, 0.1) is 5.54 Å². The number of aliphatic hydroxyl groups is 1. The fourth-order valence-electron chi connectivity index (χ4n) is 2.34. The van der Waals surface area contributed by atoms with E-state index in [0.717, 1.165) is 25.8 Å². The maximum Gasteiger partial charge on any atom is 0.240 e. The van der Waals surface area contributed by atoms with Gasteiger partial charge >= 0.3 is 0 Å². The first-order valence-electron chi connectivity index (χ1n) is 6.60. The van der Waals surface area contributed by atoms with E-state index in [1.807, 2.05) is 0 Å². The summed E-state index contributed by atoms with van der Waals surface area (Å²) in [6.45, 7) is 7.89. The summed E-state index contributed by atoms with van der Waals surface area (Å²) < 4.78 is 0. The molecule has 0 radical (unpaired) electrons. The SMILES string of the molecule is CCC1(C(=O)NCC(C)(C)CCO)CCCN1. The summed E-state index contributed by atoms with van der Waals surface area (Å²) in [5.41, 5.74) is -0.396. The van der Waals surface area contributed by atoms with Crippen molar-refractivity contribution in [2.45, 2.75) is 52.0 Å². The molecule has 4 heteroatoms. The van der Waals surface area contributed by atoms with Crippen LogP contribution >= 0.6 is 0 Å². The van der Waals surface area contributed by atoms with Crippen molar-refractivity contribution in [3.63, 3.8) is 0 Å². The molecule has 0 aromatic heterocycles. The summed E-state index contributed by atoms with van der Waals surface area (Å²) in [5.74, 6) is 0.114. The van der Waals surface area contributed by atoms with Gasteiger partial charge in [-0.25, -0.2) is 0 Å². The van der Waals surface area contributed by atoms with Crippen LogP contribution in [0.1, 0.15) is 46.5 Å². The van der Waals surface area contributed by atoms with Gasteiger partial charge in [0.2, 0.25) is 5.91 Å². The second-order valence-corrected chi connectivity index (χ2v) is 5.79. The van der Waals surface area contributed by atoms with Crippen LogP contribution in [0.4, 0.5) is 0 Å². The first-order valence-corrected chi connectivity index (χ1v) is 6.60. The number of amides is 1. The Labute approximate surface area is 104 Å². The van der Waals surface area contributed by atoms with E-state index < -0.39 is 0 Å². The maximum absolute atomic E-state index is 12.2. The summed E-state index contributed by atoms with van der Waals surface area (Å²) in [6.07, 6.45) is 3.54. The minimum absolute atomic E-state index is 0.0437. The van der Waals surface area contributed by atoms with Gasteiger partial charge in [-0.1, -0.05) is 20.8 Å². The van der Waals surface area contributed by atoms with E-state index in [9.17, 15) is 4.79 Å². The van der Waals surface area contributed by atoms with Crippen molar-refractivity contribution in [2.24, 2.45) is 5.41 Å². The van der Waals surface area contributed by atoms with Gasteiger partial charge in [0.1, 0.15) is 0 Å². The largest absolute Gasteiger partial charge is 0.396 e. The molecule has 4 nitrogen and oxygen atoms in total. The minimum Gasteiger partial charge on any atom is -0.396 e. The van der Waals surface area contributed by atoms with E-state index in [2.05, 4.69) is 31.4 Å². The van der Waals surface area contributed by atoms with Crippen LogP contribution in [0.2, 0.25) is 0 Å². The zero-order valence-corrected chi connectivity index (χ0v) is 11.3. The highest BCUT2D eigenvalue weighted by atomic mass is 16.3. The highest BCUT2D eigenvalue weighted by Crippen LogP contribution is 2.24. The highest BCUT2D eigenvalue weighted by Gasteiger charge is 2.39. The molecule has 1 amide bonds. The fraction of sp³-hybridized carbons (Fsp3) is 0.923. The van der Waals surface area contributed by atoms with Crippen molar-refractivity contribution < 1.29 is 9.90 Å². The Hall–Kier alpha value is -0.610. The molecule has 1 aliphatic rings. The average Bonchev–Trinajstić information content (AvgIpc) is 2.75. The lowest BCUT2D eigenvalue weighted by Crippen LogP contribution is -2.54. The molecule has 1 saturated heterocycles. The molecule has 0 bridgehead atoms. The van der Waals surface area contributed by atoms with Crippen molar-refractivity contribution in [3.8, 4) is 0 Å². The number of hydrogen-bond acceptors (Lipinski definition) is 3. The quantitative estimate of drug-likeness (QED) is 0.652. The molecule has 1 unspecified atom stereocenters. The van der Waals surface area contributed by atoms with Crippen molar-refractivity contribution in [1.29, 1.82) is 0 Å². The molecule has 100 valence electrons. The second-order valence-electron chi connectivity index (χ2n) is 5.79. The van der Waals surface area contributed by atoms with Gasteiger partial charge in [-0.15, -0.1) is 0 Å². The third-order valence-corrected chi connectivity index (χ3v) is 3.80. The predicted octanol–water partition coefficient (Wildman–Crippen LogP) is 1.04. The third kappa shape index (κ3) is 3.68. The predicted molar refractivity (Wildman–Crippen MR) is 68.8 cm³/mol. The Kier molecular flexibility index (Phi) is 4.95. The number of aliphatic hydroxyl groups excluding tert-OH is 1. The van der Waals surface area contributed by atoms with Gasteiger partial charge in [0, 0.05) is 13.2 Å². The Bertz CT molecular complexity index is 258. The van der Waals surface area contributed by atoms with Gasteiger partial charge in [0.15, 0.2) is 0 Å². The lowest BCUT2D eigenvalue weighted by Gasteiger charge is -2.30. The topological polar surface area (TPSA) is 61.4 Å². The normalized spacial score (nSPS) is 24.9. The minimum atomic E-state index is -0.352. The Morgan fingerprint density at radius 2 is 2.24 bits per heavy atom. The Balaban J connectivity index is 2.48. The van der Waals surface area contributed by atoms with E-state index >= 15 is 0 Å². The fourth-order valence-corrected chi connectivity index (χ4v) is 2.34. The molecule has 0 aromatic rings. The molecule has 3 N–H and O–H groups in total. The average molecular weight is 242 g/mol. The summed E-state index contributed by atoms with van der Waals surface area (Å²) in [7, 11) is 0. The van der Waals surface area contributed by atoms with Crippen LogP contribution in [0, 0.1) is 5.41 Å². The second kappa shape index (κ2) is 5.83. The van der Waals surface area contributed by atoms with Crippen molar-refractivity contribution in [2.75, 3.05) is 19.7 Å². The van der Waals surface area contributed by atoms with Gasteiger partial charge in [-0.2, -0.15) is 0 Å². The highest BCUT2D eigenvalue weighted by molar-refractivity contribution is 5.86. The summed E-state index contributed by atoms with van der Waals surface area (Å²) in [4.78, 5) is 12.2. The van der Waals surface area contributed by atoms with E-state index in [4.69, 9.17) is 5.11 Å². The first kappa shape index (κ1) is 14.5. The molecule has 0 aliphatic carbocycles. The number of carbonyl (C=O) groups excluding carboxylic acids is 1. The van der Waals surface area contributed by atoms with Gasteiger partial charge < -0.3 is 15.7 Å². The van der Waals surface area contributed by atoms with Crippen molar-refractivity contribution >= 4 is 5.91 Å². The molecule has 0 saturated carbocycles. The van der Waals surface area contributed by atoms with Gasteiger partial charge in [-0.05, 0) is 37.6 Å². The third-order valence-electron chi connectivity index (χ3n) is 3.80. The summed E-state index contributed by atoms with van der Waals surface area (Å²) in [5, 5.41) is 15.3. The number of hydrogen-bond donors (Lipinski definition) is 3. The molecule has 1 atom stereocenters. The van der Waals surface area contributed by atoms with Crippen LogP contribution in [-0.2, 0) is 4.79 Å². The molecule has 1 rings (SSSR count). The molecular formula is C13H26N2O2. The van der Waals surface area contributed by atoms with Gasteiger partial charge in [0.25, 0.3) is 0 Å². The van der Waals surface area contributed by atoms with E-state index in [-0.39, 0.29) is 23.5 Å². The van der Waals surface area contributed by atoms with Crippen molar-refractivity contribution in [1.82, 2.24) is 10.6 Å². The number of rotatable bonds is 6. The van der Waals surface area contributed by atoms with Crippen LogP contribution in [0.15, 0.2) is 0 Å². The smallest absolute Gasteiger partial charge is 0.240 e. The van der Waals surface area contributed by atoms with Crippen LogP contribution in [-0.4, -0.2) is 36.2 Å². The van der Waals surface area contributed by atoms with E-state index in [1.54, 1.807) is 0 Å².